The molecule has 1 fully saturated rings. The maximum atomic E-state index is 12.8. The van der Waals surface area contributed by atoms with Crippen molar-refractivity contribution in [1.82, 2.24) is 14.8 Å². The van der Waals surface area contributed by atoms with E-state index in [1.54, 1.807) is 6.07 Å². The highest BCUT2D eigenvalue weighted by Crippen LogP contribution is 2.32. The Bertz CT molecular complexity index is 894. The molecule has 162 valence electrons. The number of hydrogen-bond acceptors (Lipinski definition) is 5. The van der Waals surface area contributed by atoms with Crippen molar-refractivity contribution in [3.63, 3.8) is 0 Å². The van der Waals surface area contributed by atoms with Crippen molar-refractivity contribution in [1.29, 1.82) is 0 Å². The van der Waals surface area contributed by atoms with E-state index >= 15 is 0 Å². The van der Waals surface area contributed by atoms with Crippen LogP contribution in [0.3, 0.4) is 0 Å². The first-order valence-corrected chi connectivity index (χ1v) is 10.1. The molecule has 0 saturated carbocycles. The molecular formula is C20H23F3N4O3. The number of para-hydroxylation sites is 2. The first-order valence-electron chi connectivity index (χ1n) is 10.1. The van der Waals surface area contributed by atoms with E-state index in [-0.39, 0.29) is 17.5 Å². The van der Waals surface area contributed by atoms with E-state index in [9.17, 15) is 18.0 Å². The molecule has 1 saturated heterocycles. The Kier molecular flexibility index (Phi) is 5.94. The van der Waals surface area contributed by atoms with Crippen LogP contribution in [0.25, 0.3) is 0 Å². The number of alkyl halides is 3. The smallest absolute Gasteiger partial charge is 0.404 e. The number of halogens is 3. The molecule has 1 atom stereocenters. The van der Waals surface area contributed by atoms with Crippen LogP contribution < -0.4 is 10.1 Å². The highest BCUT2D eigenvalue weighted by Gasteiger charge is 2.33. The number of ether oxygens (including phenoxy) is 2. The molecule has 1 amide bonds. The van der Waals surface area contributed by atoms with E-state index in [0.717, 1.165) is 24.5 Å². The van der Waals surface area contributed by atoms with Crippen LogP contribution in [0, 0.1) is 5.92 Å². The van der Waals surface area contributed by atoms with Crippen molar-refractivity contribution in [3.8, 4) is 5.75 Å². The maximum absolute atomic E-state index is 12.8. The first-order chi connectivity index (χ1) is 14.4. The molecule has 1 N–H and O–H groups in total. The van der Waals surface area contributed by atoms with Gasteiger partial charge in [-0.05, 0) is 37.8 Å². The predicted molar refractivity (Wildman–Crippen MR) is 101 cm³/mol. The Hall–Kier alpha value is -2.62. The third-order valence-corrected chi connectivity index (χ3v) is 5.60. The highest BCUT2D eigenvalue weighted by atomic mass is 19.4. The number of carbonyl (C=O) groups excluding carboxylic acids is 1. The highest BCUT2D eigenvalue weighted by molar-refractivity contribution is 5.94. The molecule has 4 rings (SSSR count). The summed E-state index contributed by atoms with van der Waals surface area (Å²) in [6.07, 6.45) is -1.31. The van der Waals surface area contributed by atoms with Crippen molar-refractivity contribution in [2.75, 3.05) is 18.5 Å². The van der Waals surface area contributed by atoms with Gasteiger partial charge in [0.15, 0.2) is 5.75 Å². The predicted octanol–water partition coefficient (Wildman–Crippen LogP) is 3.66. The van der Waals surface area contributed by atoms with E-state index in [1.807, 2.05) is 0 Å². The molecule has 30 heavy (non-hydrogen) atoms. The molecule has 0 radical (unpaired) electrons. The Morgan fingerprint density at radius 1 is 1.13 bits per heavy atom. The van der Waals surface area contributed by atoms with Crippen molar-refractivity contribution in [2.45, 2.75) is 50.9 Å². The number of benzene rings is 1. The van der Waals surface area contributed by atoms with Crippen LogP contribution in [0.1, 0.15) is 43.3 Å². The minimum absolute atomic E-state index is 0.00590. The lowest BCUT2D eigenvalue weighted by Gasteiger charge is -2.22. The van der Waals surface area contributed by atoms with E-state index in [4.69, 9.17) is 4.74 Å². The summed E-state index contributed by atoms with van der Waals surface area (Å²) in [4.78, 5) is 12.8. The topological polar surface area (TPSA) is 78.3 Å². The number of anilines is 1. The summed E-state index contributed by atoms with van der Waals surface area (Å²) in [6, 6.07) is 5.55. The number of aromatic nitrogens is 3. The lowest BCUT2D eigenvalue weighted by atomic mass is 9.98. The fourth-order valence-electron chi connectivity index (χ4n) is 4.05. The van der Waals surface area contributed by atoms with Crippen LogP contribution in [-0.4, -0.2) is 40.2 Å². The molecule has 7 nitrogen and oxygen atoms in total. The molecule has 10 heteroatoms. The normalized spacial score (nSPS) is 20.3. The van der Waals surface area contributed by atoms with Crippen molar-refractivity contribution < 1.29 is 27.4 Å². The monoisotopic (exact) mass is 424 g/mol. The number of rotatable bonds is 4. The average Bonchev–Trinajstić information content (AvgIpc) is 3.00. The van der Waals surface area contributed by atoms with Crippen molar-refractivity contribution in [3.05, 3.63) is 35.9 Å². The van der Waals surface area contributed by atoms with Gasteiger partial charge in [0.05, 0.1) is 5.69 Å². The third-order valence-electron chi connectivity index (χ3n) is 5.60. The summed E-state index contributed by atoms with van der Waals surface area (Å²) >= 11 is 0. The van der Waals surface area contributed by atoms with Crippen LogP contribution in [0.5, 0.6) is 5.75 Å². The minimum Gasteiger partial charge on any atom is -0.404 e. The largest absolute Gasteiger partial charge is 0.573 e. The number of nitrogens with one attached hydrogen (secondary N) is 1. The number of aryl methyl sites for hydroxylation is 1. The zero-order valence-electron chi connectivity index (χ0n) is 16.3. The Morgan fingerprint density at radius 2 is 1.90 bits per heavy atom. The van der Waals surface area contributed by atoms with Gasteiger partial charge in [-0.25, -0.2) is 0 Å². The number of hydrogen-bond donors (Lipinski definition) is 1. The van der Waals surface area contributed by atoms with Gasteiger partial charge in [0.25, 0.3) is 0 Å². The zero-order chi connectivity index (χ0) is 21.1. The molecule has 0 spiro atoms. The summed E-state index contributed by atoms with van der Waals surface area (Å²) in [5.41, 5.74) is 0.00590. The second-order valence-electron chi connectivity index (χ2n) is 7.57. The van der Waals surface area contributed by atoms with Gasteiger partial charge in [-0.2, -0.15) is 0 Å². The van der Waals surface area contributed by atoms with Crippen molar-refractivity contribution in [2.24, 2.45) is 5.92 Å². The summed E-state index contributed by atoms with van der Waals surface area (Å²) in [7, 11) is 0. The number of amides is 1. The summed E-state index contributed by atoms with van der Waals surface area (Å²) < 4.78 is 49.4. The number of nitrogens with zero attached hydrogens (tertiary/aromatic N) is 3. The molecule has 2 aliphatic heterocycles. The first kappa shape index (κ1) is 20.6. The fraction of sp³-hybridized carbons (Fsp3) is 0.550. The lowest BCUT2D eigenvalue weighted by Crippen LogP contribution is -2.25. The summed E-state index contributed by atoms with van der Waals surface area (Å²) in [6.45, 7) is 2.02. The average molecular weight is 424 g/mol. The molecular weight excluding hydrogens is 401 g/mol. The van der Waals surface area contributed by atoms with Gasteiger partial charge in [0.1, 0.15) is 11.6 Å². The zero-order valence-corrected chi connectivity index (χ0v) is 16.3. The third kappa shape index (κ3) is 4.75. The standard InChI is InChI=1S/C20H23F3N4O3/c21-20(22,23)30-16-4-2-1-3-15(16)24-19(28)14-5-6-17-25-26-18(27(17)10-7-14)13-8-11-29-12-9-13/h1-4,13-14H,5-12H2,(H,24,28). The van der Waals surface area contributed by atoms with Crippen LogP contribution >= 0.6 is 0 Å². The van der Waals surface area contributed by atoms with Gasteiger partial charge in [0.2, 0.25) is 5.91 Å². The second kappa shape index (κ2) is 8.63. The SMILES string of the molecule is O=C(Nc1ccccc1OC(F)(F)F)C1CCc2nnc(C3CCOCC3)n2CC1. The van der Waals surface area contributed by atoms with Gasteiger partial charge in [0, 0.05) is 38.0 Å². The van der Waals surface area contributed by atoms with Gasteiger partial charge in [-0.3, -0.25) is 4.79 Å². The van der Waals surface area contributed by atoms with Crippen LogP contribution in [0.15, 0.2) is 24.3 Å². The maximum Gasteiger partial charge on any atom is 0.573 e. The molecule has 2 aliphatic rings. The molecule has 1 aromatic heterocycles. The summed E-state index contributed by atoms with van der Waals surface area (Å²) in [5.74, 6) is 1.02. The molecule has 1 unspecified atom stereocenters. The van der Waals surface area contributed by atoms with Gasteiger partial charge in [-0.15, -0.1) is 23.4 Å². The Morgan fingerprint density at radius 3 is 2.67 bits per heavy atom. The lowest BCUT2D eigenvalue weighted by molar-refractivity contribution is -0.274. The quantitative estimate of drug-likeness (QED) is 0.811. The van der Waals surface area contributed by atoms with Gasteiger partial charge < -0.3 is 19.4 Å². The van der Waals surface area contributed by atoms with E-state index in [0.29, 0.717) is 44.9 Å². The van der Waals surface area contributed by atoms with Gasteiger partial charge >= 0.3 is 6.36 Å². The second-order valence-corrected chi connectivity index (χ2v) is 7.57. The molecule has 0 bridgehead atoms. The Balaban J connectivity index is 1.43. The number of fused-ring (bicyclic) bond motifs is 1. The van der Waals surface area contributed by atoms with E-state index in [1.165, 1.54) is 18.2 Å². The van der Waals surface area contributed by atoms with Crippen LogP contribution in [0.4, 0.5) is 18.9 Å². The summed E-state index contributed by atoms with van der Waals surface area (Å²) in [5, 5.41) is 11.3. The van der Waals surface area contributed by atoms with E-state index in [2.05, 4.69) is 24.8 Å². The number of carbonyl (C=O) groups is 1. The van der Waals surface area contributed by atoms with Crippen LogP contribution in [-0.2, 0) is 22.5 Å². The molecule has 1 aromatic carbocycles. The molecule has 3 heterocycles. The molecule has 2 aromatic rings. The van der Waals surface area contributed by atoms with E-state index < -0.39 is 12.1 Å². The van der Waals surface area contributed by atoms with Crippen LogP contribution in [0.2, 0.25) is 0 Å². The fourth-order valence-corrected chi connectivity index (χ4v) is 4.05. The van der Waals surface area contributed by atoms with Crippen molar-refractivity contribution >= 4 is 11.6 Å². The molecule has 0 aliphatic carbocycles. The minimum atomic E-state index is -4.83. The van der Waals surface area contributed by atoms with Gasteiger partial charge in [-0.1, -0.05) is 12.1 Å². The Labute approximate surface area is 171 Å².